The maximum absolute atomic E-state index is 6.31. The first-order valence-corrected chi connectivity index (χ1v) is 6.46. The van der Waals surface area contributed by atoms with E-state index >= 15 is 0 Å². The molecule has 0 heterocycles. The second-order valence-corrected chi connectivity index (χ2v) is 5.53. The highest BCUT2D eigenvalue weighted by Gasteiger charge is 2.26. The molecule has 0 aliphatic heterocycles. The minimum Gasteiger partial charge on any atom is -0.327 e. The monoisotopic (exact) mass is 217 g/mol. The van der Waals surface area contributed by atoms with Gasteiger partial charge in [-0.2, -0.15) is 0 Å². The molecule has 1 aromatic rings. The number of nitrogens with two attached hydrogens (primary N) is 1. The molecule has 1 aromatic carbocycles. The fourth-order valence-corrected chi connectivity index (χ4v) is 2.80. The molecule has 1 heteroatoms. The van der Waals surface area contributed by atoms with E-state index in [-0.39, 0.29) is 0 Å². The predicted octanol–water partition coefficient (Wildman–Crippen LogP) is 3.30. The third kappa shape index (κ3) is 2.85. The molecule has 0 bridgehead atoms. The van der Waals surface area contributed by atoms with Gasteiger partial charge in [0.1, 0.15) is 0 Å². The lowest BCUT2D eigenvalue weighted by molar-refractivity contribution is 0.415. The molecule has 1 aliphatic rings. The Kier molecular flexibility index (Phi) is 3.65. The van der Waals surface area contributed by atoms with Gasteiger partial charge in [-0.25, -0.2) is 0 Å². The first-order chi connectivity index (χ1) is 7.65. The van der Waals surface area contributed by atoms with E-state index in [1.165, 1.54) is 30.4 Å². The summed E-state index contributed by atoms with van der Waals surface area (Å²) in [5.74, 6) is 1.63. The average molecular weight is 217 g/mol. The molecule has 1 aliphatic carbocycles. The lowest BCUT2D eigenvalue weighted by atomic mass is 9.92. The number of benzene rings is 1. The van der Waals surface area contributed by atoms with Crippen LogP contribution in [0.2, 0.25) is 0 Å². The molecular weight excluding hydrogens is 194 g/mol. The summed E-state index contributed by atoms with van der Waals surface area (Å²) < 4.78 is 0. The average Bonchev–Trinajstić information content (AvgIpc) is 2.68. The van der Waals surface area contributed by atoms with Crippen LogP contribution in [-0.4, -0.2) is 6.04 Å². The normalized spacial score (nSPS) is 26.9. The van der Waals surface area contributed by atoms with Gasteiger partial charge >= 0.3 is 0 Å². The molecule has 0 amide bonds. The van der Waals surface area contributed by atoms with E-state index in [0.29, 0.717) is 6.04 Å². The Hall–Kier alpha value is -0.820. The lowest BCUT2D eigenvalue weighted by Crippen LogP contribution is -2.30. The van der Waals surface area contributed by atoms with Crippen LogP contribution in [0.1, 0.15) is 37.3 Å². The van der Waals surface area contributed by atoms with Gasteiger partial charge in [-0.15, -0.1) is 0 Å². The van der Waals surface area contributed by atoms with E-state index in [1.54, 1.807) is 0 Å². The van der Waals surface area contributed by atoms with Gasteiger partial charge in [-0.1, -0.05) is 43.2 Å². The van der Waals surface area contributed by atoms with Crippen molar-refractivity contribution in [1.29, 1.82) is 0 Å². The molecule has 3 atom stereocenters. The Morgan fingerprint density at radius 1 is 1.25 bits per heavy atom. The number of hydrogen-bond donors (Lipinski definition) is 1. The number of rotatable bonds is 3. The Morgan fingerprint density at radius 3 is 2.50 bits per heavy atom. The SMILES string of the molecule is Cc1ccc(CC(N)C2CCC(C)C2)cc1. The smallest absolute Gasteiger partial charge is 0.0108 e. The third-order valence-electron chi connectivity index (χ3n) is 3.93. The second-order valence-electron chi connectivity index (χ2n) is 5.53. The highest BCUT2D eigenvalue weighted by atomic mass is 14.7. The molecule has 0 saturated heterocycles. The maximum Gasteiger partial charge on any atom is 0.0108 e. The number of aryl methyl sites for hydroxylation is 1. The molecule has 0 aromatic heterocycles. The van der Waals surface area contributed by atoms with Crippen LogP contribution in [0.4, 0.5) is 0 Å². The molecule has 1 fully saturated rings. The van der Waals surface area contributed by atoms with Crippen LogP contribution in [-0.2, 0) is 6.42 Å². The predicted molar refractivity (Wildman–Crippen MR) is 69.4 cm³/mol. The molecule has 0 radical (unpaired) electrons. The zero-order valence-electron chi connectivity index (χ0n) is 10.4. The molecule has 88 valence electrons. The molecule has 16 heavy (non-hydrogen) atoms. The molecule has 0 spiro atoms. The van der Waals surface area contributed by atoms with Crippen LogP contribution < -0.4 is 5.73 Å². The highest BCUT2D eigenvalue weighted by Crippen LogP contribution is 2.32. The summed E-state index contributed by atoms with van der Waals surface area (Å²) in [5, 5.41) is 0. The van der Waals surface area contributed by atoms with Crippen molar-refractivity contribution in [2.24, 2.45) is 17.6 Å². The van der Waals surface area contributed by atoms with Gasteiger partial charge in [0.25, 0.3) is 0 Å². The van der Waals surface area contributed by atoms with Gasteiger partial charge in [0.2, 0.25) is 0 Å². The van der Waals surface area contributed by atoms with Gasteiger partial charge < -0.3 is 5.73 Å². The molecule has 3 unspecified atom stereocenters. The van der Waals surface area contributed by atoms with Crippen molar-refractivity contribution in [3.05, 3.63) is 35.4 Å². The molecule has 1 saturated carbocycles. The van der Waals surface area contributed by atoms with Gasteiger partial charge in [0.05, 0.1) is 0 Å². The van der Waals surface area contributed by atoms with E-state index < -0.39 is 0 Å². The Bertz CT molecular complexity index is 328. The summed E-state index contributed by atoms with van der Waals surface area (Å²) in [6.45, 7) is 4.47. The van der Waals surface area contributed by atoms with Crippen molar-refractivity contribution < 1.29 is 0 Å². The van der Waals surface area contributed by atoms with E-state index in [4.69, 9.17) is 5.73 Å². The number of hydrogen-bond acceptors (Lipinski definition) is 1. The second kappa shape index (κ2) is 5.01. The van der Waals surface area contributed by atoms with Crippen molar-refractivity contribution in [3.63, 3.8) is 0 Å². The van der Waals surface area contributed by atoms with E-state index in [1.807, 2.05) is 0 Å². The summed E-state index contributed by atoms with van der Waals surface area (Å²) in [4.78, 5) is 0. The molecule has 2 rings (SSSR count). The zero-order valence-corrected chi connectivity index (χ0v) is 10.4. The minimum absolute atomic E-state index is 0.354. The van der Waals surface area contributed by atoms with Gasteiger partial charge in [0, 0.05) is 6.04 Å². The minimum atomic E-state index is 0.354. The summed E-state index contributed by atoms with van der Waals surface area (Å²) in [7, 11) is 0. The molecular formula is C15H23N. The van der Waals surface area contributed by atoms with Crippen LogP contribution in [0.3, 0.4) is 0 Å². The van der Waals surface area contributed by atoms with E-state index in [2.05, 4.69) is 38.1 Å². The molecule has 2 N–H and O–H groups in total. The fraction of sp³-hybridized carbons (Fsp3) is 0.600. The van der Waals surface area contributed by atoms with Crippen molar-refractivity contribution in [1.82, 2.24) is 0 Å². The summed E-state index contributed by atoms with van der Waals surface area (Å²) in [5.41, 5.74) is 9.02. The van der Waals surface area contributed by atoms with Crippen molar-refractivity contribution >= 4 is 0 Å². The van der Waals surface area contributed by atoms with Gasteiger partial charge in [-0.3, -0.25) is 0 Å². The van der Waals surface area contributed by atoms with Crippen molar-refractivity contribution in [3.8, 4) is 0 Å². The van der Waals surface area contributed by atoms with Crippen LogP contribution >= 0.6 is 0 Å². The summed E-state index contributed by atoms with van der Waals surface area (Å²) in [6.07, 6.45) is 5.06. The van der Waals surface area contributed by atoms with Crippen LogP contribution in [0.25, 0.3) is 0 Å². The Balaban J connectivity index is 1.91. The van der Waals surface area contributed by atoms with Crippen LogP contribution in [0.5, 0.6) is 0 Å². The van der Waals surface area contributed by atoms with Crippen molar-refractivity contribution in [2.75, 3.05) is 0 Å². The Labute approximate surface area is 99.0 Å². The zero-order chi connectivity index (χ0) is 11.5. The largest absolute Gasteiger partial charge is 0.327 e. The third-order valence-corrected chi connectivity index (χ3v) is 3.93. The highest BCUT2D eigenvalue weighted by molar-refractivity contribution is 5.22. The quantitative estimate of drug-likeness (QED) is 0.826. The summed E-state index contributed by atoms with van der Waals surface area (Å²) >= 11 is 0. The molecule has 1 nitrogen and oxygen atoms in total. The van der Waals surface area contributed by atoms with Crippen LogP contribution in [0, 0.1) is 18.8 Å². The maximum atomic E-state index is 6.31. The van der Waals surface area contributed by atoms with Crippen molar-refractivity contribution in [2.45, 2.75) is 45.6 Å². The summed E-state index contributed by atoms with van der Waals surface area (Å²) in [6, 6.07) is 9.15. The standard InChI is InChI=1S/C15H23N/c1-11-3-6-13(7-4-11)10-15(16)14-8-5-12(2)9-14/h3-4,6-7,12,14-15H,5,8-10,16H2,1-2H3. The van der Waals surface area contributed by atoms with E-state index in [0.717, 1.165) is 18.3 Å². The topological polar surface area (TPSA) is 26.0 Å². The van der Waals surface area contributed by atoms with Gasteiger partial charge in [-0.05, 0) is 43.6 Å². The Morgan fingerprint density at radius 2 is 1.94 bits per heavy atom. The van der Waals surface area contributed by atoms with Gasteiger partial charge in [0.15, 0.2) is 0 Å². The first kappa shape index (κ1) is 11.7. The lowest BCUT2D eigenvalue weighted by Gasteiger charge is -2.19. The van der Waals surface area contributed by atoms with Crippen LogP contribution in [0.15, 0.2) is 24.3 Å². The van der Waals surface area contributed by atoms with E-state index in [9.17, 15) is 0 Å². The first-order valence-electron chi connectivity index (χ1n) is 6.46. The fourth-order valence-electron chi connectivity index (χ4n) is 2.80.